The van der Waals surface area contributed by atoms with Gasteiger partial charge in [-0.25, -0.2) is 0 Å². The first-order valence-electron chi connectivity index (χ1n) is 8.68. The number of nitrogens with one attached hydrogen (secondary N) is 2. The van der Waals surface area contributed by atoms with Crippen LogP contribution in [0.25, 0.3) is 0 Å². The predicted octanol–water partition coefficient (Wildman–Crippen LogP) is 0.789. The van der Waals surface area contributed by atoms with Crippen LogP contribution in [-0.2, 0) is 23.2 Å². The molecule has 27 heavy (non-hydrogen) atoms. The van der Waals surface area contributed by atoms with E-state index >= 15 is 0 Å². The summed E-state index contributed by atoms with van der Waals surface area (Å²) < 4.78 is 12.6. The van der Waals surface area contributed by atoms with Crippen LogP contribution in [0, 0.1) is 0 Å². The first-order chi connectivity index (χ1) is 13.0. The van der Waals surface area contributed by atoms with Crippen molar-refractivity contribution in [2.45, 2.75) is 12.6 Å². The summed E-state index contributed by atoms with van der Waals surface area (Å²) in [6.45, 7) is 0.765. The maximum absolute atomic E-state index is 12.1. The Hall–Kier alpha value is -3.00. The van der Waals surface area contributed by atoms with E-state index in [1.165, 1.54) is 0 Å². The largest absolute Gasteiger partial charge is 0.454 e. The molecule has 0 fully saturated rings. The monoisotopic (exact) mass is 372 g/mol. The summed E-state index contributed by atoms with van der Waals surface area (Å²) in [6.07, 6.45) is 1.95. The van der Waals surface area contributed by atoms with E-state index in [1.807, 2.05) is 55.0 Å². The zero-order valence-corrected chi connectivity index (χ0v) is 15.7. The molecule has 2 heterocycles. The van der Waals surface area contributed by atoms with E-state index in [0.717, 1.165) is 11.3 Å². The number of aromatic nitrogens is 1. The second-order valence-electron chi connectivity index (χ2n) is 6.60. The average molecular weight is 372 g/mol. The molecule has 0 aliphatic carbocycles. The standard InChI is InChI=1S/C19H24N4O4/c1-22(2)15(14-5-4-8-23(14)3)11-21-19(25)18(24)20-10-13-6-7-16-17(9-13)27-12-26-16/h4-9,15H,10-12H2,1-3H3,(H,20,24)(H,21,25)/t15-/m1/s1. The lowest BCUT2D eigenvalue weighted by atomic mass is 10.2. The Morgan fingerprint density at radius 1 is 1.15 bits per heavy atom. The fourth-order valence-corrected chi connectivity index (χ4v) is 2.96. The number of rotatable bonds is 6. The van der Waals surface area contributed by atoms with Gasteiger partial charge in [-0.1, -0.05) is 6.07 Å². The third-order valence-electron chi connectivity index (χ3n) is 4.50. The maximum atomic E-state index is 12.1. The van der Waals surface area contributed by atoms with Crippen molar-refractivity contribution in [2.75, 3.05) is 27.4 Å². The van der Waals surface area contributed by atoms with E-state index in [-0.39, 0.29) is 19.4 Å². The first kappa shape index (κ1) is 18.8. The summed E-state index contributed by atoms with van der Waals surface area (Å²) in [7, 11) is 5.82. The minimum absolute atomic E-state index is 0.0318. The molecule has 1 atom stereocenters. The van der Waals surface area contributed by atoms with E-state index in [1.54, 1.807) is 12.1 Å². The first-order valence-corrected chi connectivity index (χ1v) is 8.68. The lowest BCUT2D eigenvalue weighted by Crippen LogP contribution is -2.43. The van der Waals surface area contributed by atoms with Gasteiger partial charge < -0.3 is 24.7 Å². The summed E-state index contributed by atoms with van der Waals surface area (Å²) in [5.74, 6) is -0.00493. The number of amides is 2. The van der Waals surface area contributed by atoms with Crippen LogP contribution in [0.5, 0.6) is 11.5 Å². The molecule has 1 aliphatic rings. The van der Waals surface area contributed by atoms with E-state index < -0.39 is 11.8 Å². The highest BCUT2D eigenvalue weighted by Crippen LogP contribution is 2.32. The Kier molecular flexibility index (Phi) is 5.66. The fourth-order valence-electron chi connectivity index (χ4n) is 2.96. The quantitative estimate of drug-likeness (QED) is 0.733. The third kappa shape index (κ3) is 4.40. The molecule has 0 saturated heterocycles. The van der Waals surface area contributed by atoms with Crippen LogP contribution in [0.4, 0.5) is 0 Å². The van der Waals surface area contributed by atoms with Crippen LogP contribution in [0.3, 0.4) is 0 Å². The molecular weight excluding hydrogens is 348 g/mol. The van der Waals surface area contributed by atoms with Crippen LogP contribution in [0.1, 0.15) is 17.3 Å². The number of benzene rings is 1. The summed E-state index contributed by atoms with van der Waals surface area (Å²) in [5, 5.41) is 5.33. The van der Waals surface area contributed by atoms with Crippen LogP contribution in [0.2, 0.25) is 0 Å². The molecule has 1 aromatic heterocycles. The molecular formula is C19H24N4O4. The van der Waals surface area contributed by atoms with Gasteiger partial charge in [0.05, 0.1) is 6.04 Å². The van der Waals surface area contributed by atoms with Crippen molar-refractivity contribution < 1.29 is 19.1 Å². The summed E-state index contributed by atoms with van der Waals surface area (Å²) in [5.41, 5.74) is 1.89. The van der Waals surface area contributed by atoms with Gasteiger partial charge in [-0.2, -0.15) is 0 Å². The molecule has 2 N–H and O–H groups in total. The number of nitrogens with zero attached hydrogens (tertiary/aromatic N) is 2. The Balaban J connectivity index is 1.51. The van der Waals surface area contributed by atoms with Crippen LogP contribution in [-0.4, -0.2) is 48.7 Å². The lowest BCUT2D eigenvalue weighted by molar-refractivity contribution is -0.139. The molecule has 0 spiro atoms. The van der Waals surface area contributed by atoms with Gasteiger partial charge in [-0.05, 0) is 43.9 Å². The zero-order valence-electron chi connectivity index (χ0n) is 15.7. The smallest absolute Gasteiger partial charge is 0.309 e. The van der Waals surface area contributed by atoms with Crippen molar-refractivity contribution in [2.24, 2.45) is 7.05 Å². The van der Waals surface area contributed by atoms with E-state index in [4.69, 9.17) is 9.47 Å². The highest BCUT2D eigenvalue weighted by molar-refractivity contribution is 6.35. The Morgan fingerprint density at radius 3 is 2.59 bits per heavy atom. The van der Waals surface area contributed by atoms with Gasteiger partial charge in [0.2, 0.25) is 6.79 Å². The van der Waals surface area contributed by atoms with Gasteiger partial charge in [-0.15, -0.1) is 0 Å². The molecule has 0 bridgehead atoms. The lowest BCUT2D eigenvalue weighted by Gasteiger charge is -2.25. The molecule has 0 saturated carbocycles. The molecule has 2 aromatic rings. The minimum Gasteiger partial charge on any atom is -0.454 e. The molecule has 0 radical (unpaired) electrons. The van der Waals surface area contributed by atoms with Crippen molar-refractivity contribution in [3.05, 3.63) is 47.8 Å². The maximum Gasteiger partial charge on any atom is 0.309 e. The molecule has 8 heteroatoms. The molecule has 1 aromatic carbocycles. The van der Waals surface area contributed by atoms with Crippen LogP contribution >= 0.6 is 0 Å². The number of hydrogen-bond donors (Lipinski definition) is 2. The molecule has 8 nitrogen and oxygen atoms in total. The molecule has 3 rings (SSSR count). The molecule has 1 aliphatic heterocycles. The van der Waals surface area contributed by atoms with Gasteiger partial charge >= 0.3 is 11.8 Å². The normalized spacial score (nSPS) is 13.5. The van der Waals surface area contributed by atoms with Crippen molar-refractivity contribution in [1.82, 2.24) is 20.1 Å². The third-order valence-corrected chi connectivity index (χ3v) is 4.50. The van der Waals surface area contributed by atoms with Crippen LogP contribution in [0.15, 0.2) is 36.5 Å². The molecule has 144 valence electrons. The summed E-state index contributed by atoms with van der Waals surface area (Å²) in [4.78, 5) is 26.2. The predicted molar refractivity (Wildman–Crippen MR) is 99.3 cm³/mol. The van der Waals surface area contributed by atoms with Crippen LogP contribution < -0.4 is 20.1 Å². The number of fused-ring (bicyclic) bond motifs is 1. The number of ether oxygens (including phenoxy) is 2. The highest BCUT2D eigenvalue weighted by atomic mass is 16.7. The summed E-state index contributed by atoms with van der Waals surface area (Å²) >= 11 is 0. The van der Waals surface area contributed by atoms with Crippen molar-refractivity contribution >= 4 is 11.8 Å². The highest BCUT2D eigenvalue weighted by Gasteiger charge is 2.20. The summed E-state index contributed by atoms with van der Waals surface area (Å²) in [6, 6.07) is 9.31. The number of likely N-dealkylation sites (N-methyl/N-ethyl adjacent to an activating group) is 1. The van der Waals surface area contributed by atoms with E-state index in [0.29, 0.717) is 18.0 Å². The second kappa shape index (κ2) is 8.13. The van der Waals surface area contributed by atoms with Crippen molar-refractivity contribution in [3.8, 4) is 11.5 Å². The van der Waals surface area contributed by atoms with E-state index in [2.05, 4.69) is 10.6 Å². The topological polar surface area (TPSA) is 84.8 Å². The van der Waals surface area contributed by atoms with Gasteiger partial charge in [0, 0.05) is 32.0 Å². The fraction of sp³-hybridized carbons (Fsp3) is 0.368. The van der Waals surface area contributed by atoms with Gasteiger partial charge in [0.1, 0.15) is 0 Å². The SMILES string of the molecule is CN(C)[C@H](CNC(=O)C(=O)NCc1ccc2c(c1)OCO2)c1cccn1C. The Bertz CT molecular complexity index is 831. The van der Waals surface area contributed by atoms with Crippen molar-refractivity contribution in [1.29, 1.82) is 0 Å². The minimum atomic E-state index is -0.669. The van der Waals surface area contributed by atoms with Gasteiger partial charge in [0.25, 0.3) is 0 Å². The molecule has 0 unspecified atom stereocenters. The number of aryl methyl sites for hydroxylation is 1. The average Bonchev–Trinajstić information content (AvgIpc) is 3.28. The Labute approximate surface area is 158 Å². The number of hydrogen-bond acceptors (Lipinski definition) is 5. The zero-order chi connectivity index (χ0) is 19.4. The second-order valence-corrected chi connectivity index (χ2v) is 6.60. The Morgan fingerprint density at radius 2 is 1.89 bits per heavy atom. The number of carbonyl (C=O) groups excluding carboxylic acids is 2. The molecule has 2 amide bonds. The van der Waals surface area contributed by atoms with Gasteiger partial charge in [-0.3, -0.25) is 14.5 Å². The van der Waals surface area contributed by atoms with Gasteiger partial charge in [0.15, 0.2) is 11.5 Å². The van der Waals surface area contributed by atoms with E-state index in [9.17, 15) is 9.59 Å². The number of carbonyl (C=O) groups is 2. The van der Waals surface area contributed by atoms with Crippen molar-refractivity contribution in [3.63, 3.8) is 0 Å².